The van der Waals surface area contributed by atoms with Gasteiger partial charge < -0.3 is 10.6 Å². The predicted molar refractivity (Wildman–Crippen MR) is 75.8 cm³/mol. The van der Waals surface area contributed by atoms with Crippen LogP contribution >= 0.6 is 15.9 Å². The van der Waals surface area contributed by atoms with Crippen LogP contribution in [-0.2, 0) is 0 Å². The Morgan fingerprint density at radius 3 is 2.61 bits per heavy atom. The first-order valence-corrected chi connectivity index (χ1v) is 7.09. The van der Waals surface area contributed by atoms with Crippen LogP contribution in [0.25, 0.3) is 5.52 Å². The monoisotopic (exact) mass is 309 g/mol. The maximum atomic E-state index is 5.91. The van der Waals surface area contributed by atoms with Gasteiger partial charge in [0.25, 0.3) is 0 Å². The van der Waals surface area contributed by atoms with E-state index in [0.717, 1.165) is 29.2 Å². The second-order valence-electron chi connectivity index (χ2n) is 4.63. The summed E-state index contributed by atoms with van der Waals surface area (Å²) in [6.07, 6.45) is 8.72. The molecule has 0 saturated carbocycles. The molecule has 0 amide bonds. The standard InChI is InChI=1S/C12H16BrN5/c13-10-9-11(14)15-5-8-18(9)12(16-10)17-6-3-1-2-4-7-17/h5,8H,1-4,6-7H2,(H2,14,15). The fourth-order valence-electron chi connectivity index (χ4n) is 2.50. The van der Waals surface area contributed by atoms with Crippen molar-refractivity contribution >= 4 is 33.2 Å². The van der Waals surface area contributed by atoms with Gasteiger partial charge in [-0.1, -0.05) is 12.8 Å². The summed E-state index contributed by atoms with van der Waals surface area (Å²) < 4.78 is 2.80. The Kier molecular flexibility index (Phi) is 3.11. The molecule has 5 nitrogen and oxygen atoms in total. The highest BCUT2D eigenvalue weighted by Crippen LogP contribution is 2.28. The Bertz CT molecular complexity index is 557. The van der Waals surface area contributed by atoms with Crippen LogP contribution in [0.15, 0.2) is 17.0 Å². The minimum atomic E-state index is 0.512. The van der Waals surface area contributed by atoms with E-state index in [9.17, 15) is 0 Å². The zero-order chi connectivity index (χ0) is 12.5. The van der Waals surface area contributed by atoms with Gasteiger partial charge in [-0.05, 0) is 28.8 Å². The minimum absolute atomic E-state index is 0.512. The van der Waals surface area contributed by atoms with Crippen molar-refractivity contribution in [2.24, 2.45) is 0 Å². The SMILES string of the molecule is Nc1nccn2c(N3CCCCCC3)nc(Br)c12. The molecule has 0 unspecified atom stereocenters. The van der Waals surface area contributed by atoms with Crippen LogP contribution in [0, 0.1) is 0 Å². The van der Waals surface area contributed by atoms with Gasteiger partial charge in [0.2, 0.25) is 5.95 Å². The van der Waals surface area contributed by atoms with Crippen LogP contribution in [0.2, 0.25) is 0 Å². The number of anilines is 2. The molecule has 2 aromatic rings. The van der Waals surface area contributed by atoms with Crippen molar-refractivity contribution in [1.29, 1.82) is 0 Å². The lowest BCUT2D eigenvalue weighted by molar-refractivity contribution is 0.726. The van der Waals surface area contributed by atoms with Crippen LogP contribution < -0.4 is 10.6 Å². The van der Waals surface area contributed by atoms with Crippen molar-refractivity contribution in [3.8, 4) is 0 Å². The zero-order valence-electron chi connectivity index (χ0n) is 10.1. The summed E-state index contributed by atoms with van der Waals surface area (Å²) >= 11 is 3.48. The van der Waals surface area contributed by atoms with E-state index in [2.05, 4.69) is 30.8 Å². The van der Waals surface area contributed by atoms with E-state index in [4.69, 9.17) is 5.73 Å². The van der Waals surface area contributed by atoms with Gasteiger partial charge in [-0.15, -0.1) is 0 Å². The Labute approximate surface area is 114 Å². The lowest BCUT2D eigenvalue weighted by Crippen LogP contribution is -2.26. The average molecular weight is 310 g/mol. The molecule has 1 aliphatic heterocycles. The maximum Gasteiger partial charge on any atom is 0.211 e. The van der Waals surface area contributed by atoms with Crippen LogP contribution in [0.5, 0.6) is 0 Å². The molecule has 2 N–H and O–H groups in total. The number of hydrogen-bond donors (Lipinski definition) is 1. The van der Waals surface area contributed by atoms with Gasteiger partial charge in [-0.2, -0.15) is 0 Å². The average Bonchev–Trinajstić information content (AvgIpc) is 2.56. The van der Waals surface area contributed by atoms with Gasteiger partial charge in [0.1, 0.15) is 10.1 Å². The zero-order valence-corrected chi connectivity index (χ0v) is 11.7. The molecular formula is C12H16BrN5. The van der Waals surface area contributed by atoms with E-state index < -0.39 is 0 Å². The molecule has 6 heteroatoms. The first-order valence-electron chi connectivity index (χ1n) is 6.30. The Hall–Kier alpha value is -1.30. The van der Waals surface area contributed by atoms with Gasteiger partial charge in [-0.3, -0.25) is 4.40 Å². The molecule has 18 heavy (non-hydrogen) atoms. The van der Waals surface area contributed by atoms with Crippen LogP contribution in [-0.4, -0.2) is 27.5 Å². The largest absolute Gasteiger partial charge is 0.382 e. The molecule has 1 fully saturated rings. The van der Waals surface area contributed by atoms with Crippen molar-refractivity contribution in [3.63, 3.8) is 0 Å². The topological polar surface area (TPSA) is 59.4 Å². The van der Waals surface area contributed by atoms with E-state index in [0.29, 0.717) is 5.82 Å². The molecule has 96 valence electrons. The van der Waals surface area contributed by atoms with Crippen molar-refractivity contribution in [2.45, 2.75) is 25.7 Å². The third-order valence-corrected chi connectivity index (χ3v) is 3.96. The molecule has 0 aliphatic carbocycles. The van der Waals surface area contributed by atoms with E-state index in [1.165, 1.54) is 25.7 Å². The smallest absolute Gasteiger partial charge is 0.211 e. The molecule has 3 rings (SSSR count). The predicted octanol–water partition coefficient (Wildman–Crippen LogP) is 2.45. The molecule has 1 saturated heterocycles. The second kappa shape index (κ2) is 4.76. The van der Waals surface area contributed by atoms with E-state index in [1.807, 2.05) is 10.6 Å². The lowest BCUT2D eigenvalue weighted by atomic mass is 10.2. The van der Waals surface area contributed by atoms with Gasteiger partial charge >= 0.3 is 0 Å². The van der Waals surface area contributed by atoms with Gasteiger partial charge in [0.15, 0.2) is 5.82 Å². The third kappa shape index (κ3) is 1.94. The van der Waals surface area contributed by atoms with Crippen LogP contribution in [0.4, 0.5) is 11.8 Å². The van der Waals surface area contributed by atoms with Crippen molar-refractivity contribution in [3.05, 3.63) is 17.0 Å². The summed E-state index contributed by atoms with van der Waals surface area (Å²) in [5.41, 5.74) is 6.77. The summed E-state index contributed by atoms with van der Waals surface area (Å²) in [5, 5.41) is 0. The number of rotatable bonds is 1. The quantitative estimate of drug-likeness (QED) is 0.879. The number of nitrogens with zero attached hydrogens (tertiary/aromatic N) is 4. The number of hydrogen-bond acceptors (Lipinski definition) is 4. The van der Waals surface area contributed by atoms with Gasteiger partial charge in [0.05, 0.1) is 0 Å². The highest BCUT2D eigenvalue weighted by Gasteiger charge is 2.18. The lowest BCUT2D eigenvalue weighted by Gasteiger charge is -2.20. The maximum absolute atomic E-state index is 5.91. The molecule has 2 aromatic heterocycles. The van der Waals surface area contributed by atoms with Crippen molar-refractivity contribution in [2.75, 3.05) is 23.7 Å². The molecule has 0 bridgehead atoms. The summed E-state index contributed by atoms with van der Waals surface area (Å²) in [5.74, 6) is 1.48. The molecule has 1 aliphatic rings. The number of nitrogen functional groups attached to an aromatic ring is 1. The van der Waals surface area contributed by atoms with Crippen LogP contribution in [0.3, 0.4) is 0 Å². The molecule has 0 radical (unpaired) electrons. The molecule has 0 aromatic carbocycles. The Morgan fingerprint density at radius 1 is 1.17 bits per heavy atom. The Balaban J connectivity index is 2.08. The number of halogens is 1. The number of imidazole rings is 1. The fraction of sp³-hybridized carbons (Fsp3) is 0.500. The normalized spacial score (nSPS) is 17.1. The second-order valence-corrected chi connectivity index (χ2v) is 5.39. The van der Waals surface area contributed by atoms with Crippen molar-refractivity contribution < 1.29 is 0 Å². The first kappa shape index (κ1) is 11.8. The molecular weight excluding hydrogens is 294 g/mol. The molecule has 0 spiro atoms. The summed E-state index contributed by atoms with van der Waals surface area (Å²) in [4.78, 5) is 11.1. The molecule has 3 heterocycles. The number of aromatic nitrogens is 3. The van der Waals surface area contributed by atoms with E-state index in [1.54, 1.807) is 6.20 Å². The fourth-order valence-corrected chi connectivity index (χ4v) is 3.05. The number of nitrogens with two attached hydrogens (primary N) is 1. The molecule has 0 atom stereocenters. The van der Waals surface area contributed by atoms with Crippen molar-refractivity contribution in [1.82, 2.24) is 14.4 Å². The highest BCUT2D eigenvalue weighted by molar-refractivity contribution is 9.10. The van der Waals surface area contributed by atoms with Gasteiger partial charge in [0, 0.05) is 25.5 Å². The summed E-state index contributed by atoms with van der Waals surface area (Å²) in [7, 11) is 0. The third-order valence-electron chi connectivity index (χ3n) is 3.41. The van der Waals surface area contributed by atoms with Crippen LogP contribution in [0.1, 0.15) is 25.7 Å². The van der Waals surface area contributed by atoms with E-state index in [-0.39, 0.29) is 0 Å². The summed E-state index contributed by atoms with van der Waals surface area (Å²) in [6.45, 7) is 2.13. The summed E-state index contributed by atoms with van der Waals surface area (Å²) in [6, 6.07) is 0. The first-order chi connectivity index (χ1) is 8.77. The van der Waals surface area contributed by atoms with Gasteiger partial charge in [-0.25, -0.2) is 9.97 Å². The highest BCUT2D eigenvalue weighted by atomic mass is 79.9. The number of fused-ring (bicyclic) bond motifs is 1. The van der Waals surface area contributed by atoms with E-state index >= 15 is 0 Å². The minimum Gasteiger partial charge on any atom is -0.382 e. The Morgan fingerprint density at radius 2 is 1.89 bits per heavy atom.